The van der Waals surface area contributed by atoms with E-state index in [4.69, 9.17) is 0 Å². The fourth-order valence-corrected chi connectivity index (χ4v) is 2.21. The summed E-state index contributed by atoms with van der Waals surface area (Å²) in [5.41, 5.74) is 2.70. The van der Waals surface area contributed by atoms with Crippen LogP contribution in [0.1, 0.15) is 37.6 Å². The standard InChI is InChI=1S/C16H22N2/c1-3-11-17-14(2)16-10-7-12-18(16)13-15-8-5-4-6-9-15/h4-10,12,14,17H,3,11,13H2,1-2H3. The Kier molecular flexibility index (Phi) is 4.59. The second kappa shape index (κ2) is 6.41. The van der Waals surface area contributed by atoms with Gasteiger partial charge in [-0.2, -0.15) is 0 Å². The lowest BCUT2D eigenvalue weighted by atomic mass is 10.2. The molecule has 0 aliphatic rings. The maximum Gasteiger partial charge on any atom is 0.0473 e. The van der Waals surface area contributed by atoms with E-state index in [1.165, 1.54) is 17.7 Å². The predicted octanol–water partition coefficient (Wildman–Crippen LogP) is 3.60. The Hall–Kier alpha value is -1.54. The first kappa shape index (κ1) is 12.9. The summed E-state index contributed by atoms with van der Waals surface area (Å²) < 4.78 is 2.32. The van der Waals surface area contributed by atoms with Gasteiger partial charge in [0.2, 0.25) is 0 Å². The number of hydrogen-bond donors (Lipinski definition) is 1. The maximum absolute atomic E-state index is 3.54. The molecular weight excluding hydrogens is 220 g/mol. The van der Waals surface area contributed by atoms with Gasteiger partial charge in [-0.15, -0.1) is 0 Å². The van der Waals surface area contributed by atoms with Gasteiger partial charge in [0.25, 0.3) is 0 Å². The first-order valence-electron chi connectivity index (χ1n) is 6.73. The zero-order chi connectivity index (χ0) is 12.8. The third-order valence-corrected chi connectivity index (χ3v) is 3.20. The predicted molar refractivity (Wildman–Crippen MR) is 76.7 cm³/mol. The molecule has 0 saturated heterocycles. The molecule has 0 aliphatic carbocycles. The first-order valence-corrected chi connectivity index (χ1v) is 6.73. The molecule has 1 aromatic heterocycles. The normalized spacial score (nSPS) is 12.6. The molecule has 0 amide bonds. The minimum absolute atomic E-state index is 0.406. The molecule has 2 nitrogen and oxygen atoms in total. The van der Waals surface area contributed by atoms with Gasteiger partial charge >= 0.3 is 0 Å². The van der Waals surface area contributed by atoms with E-state index < -0.39 is 0 Å². The molecule has 0 radical (unpaired) electrons. The van der Waals surface area contributed by atoms with E-state index in [1.807, 2.05) is 0 Å². The minimum Gasteiger partial charge on any atom is -0.346 e. The summed E-state index contributed by atoms with van der Waals surface area (Å²) in [5, 5.41) is 3.54. The third-order valence-electron chi connectivity index (χ3n) is 3.20. The zero-order valence-corrected chi connectivity index (χ0v) is 11.3. The number of benzene rings is 1. The van der Waals surface area contributed by atoms with E-state index in [2.05, 4.69) is 72.4 Å². The van der Waals surface area contributed by atoms with Gasteiger partial charge in [0.05, 0.1) is 0 Å². The van der Waals surface area contributed by atoms with Crippen LogP contribution in [0.25, 0.3) is 0 Å². The quantitative estimate of drug-likeness (QED) is 0.819. The topological polar surface area (TPSA) is 17.0 Å². The summed E-state index contributed by atoms with van der Waals surface area (Å²) in [6.07, 6.45) is 3.33. The van der Waals surface area contributed by atoms with Crippen LogP contribution >= 0.6 is 0 Å². The van der Waals surface area contributed by atoms with Crippen molar-refractivity contribution in [3.63, 3.8) is 0 Å². The van der Waals surface area contributed by atoms with Crippen LogP contribution in [0.5, 0.6) is 0 Å². The molecule has 1 heterocycles. The summed E-state index contributed by atoms with van der Waals surface area (Å²) in [7, 11) is 0. The van der Waals surface area contributed by atoms with Crippen LogP contribution in [0.3, 0.4) is 0 Å². The highest BCUT2D eigenvalue weighted by Gasteiger charge is 2.08. The van der Waals surface area contributed by atoms with Crippen molar-refractivity contribution in [2.24, 2.45) is 0 Å². The fraction of sp³-hybridized carbons (Fsp3) is 0.375. The van der Waals surface area contributed by atoms with Crippen LogP contribution in [0.4, 0.5) is 0 Å². The number of aromatic nitrogens is 1. The van der Waals surface area contributed by atoms with Gasteiger partial charge in [-0.25, -0.2) is 0 Å². The van der Waals surface area contributed by atoms with Crippen molar-refractivity contribution in [2.75, 3.05) is 6.54 Å². The average Bonchev–Trinajstić information content (AvgIpc) is 2.85. The molecule has 96 valence electrons. The van der Waals surface area contributed by atoms with Crippen molar-refractivity contribution < 1.29 is 0 Å². The van der Waals surface area contributed by atoms with Crippen molar-refractivity contribution >= 4 is 0 Å². The average molecular weight is 242 g/mol. The molecule has 1 atom stereocenters. The van der Waals surface area contributed by atoms with Crippen LogP contribution in [0, 0.1) is 0 Å². The highest BCUT2D eigenvalue weighted by molar-refractivity contribution is 5.18. The Balaban J connectivity index is 2.08. The molecular formula is C16H22N2. The van der Waals surface area contributed by atoms with Crippen molar-refractivity contribution in [2.45, 2.75) is 32.9 Å². The molecule has 0 saturated carbocycles. The maximum atomic E-state index is 3.54. The Labute approximate surface area is 110 Å². The lowest BCUT2D eigenvalue weighted by molar-refractivity contribution is 0.534. The van der Waals surface area contributed by atoms with E-state index in [0.29, 0.717) is 6.04 Å². The third kappa shape index (κ3) is 3.23. The van der Waals surface area contributed by atoms with Crippen LogP contribution in [-0.2, 0) is 6.54 Å². The molecule has 2 aromatic rings. The molecule has 0 spiro atoms. The zero-order valence-electron chi connectivity index (χ0n) is 11.3. The lowest BCUT2D eigenvalue weighted by Crippen LogP contribution is -2.22. The summed E-state index contributed by atoms with van der Waals surface area (Å²) >= 11 is 0. The van der Waals surface area contributed by atoms with Gasteiger partial charge in [-0.05, 0) is 37.6 Å². The molecule has 1 unspecified atom stereocenters. The summed E-state index contributed by atoms with van der Waals surface area (Å²) in [6, 6.07) is 15.3. The van der Waals surface area contributed by atoms with Crippen LogP contribution < -0.4 is 5.32 Å². The minimum atomic E-state index is 0.406. The molecule has 0 fully saturated rings. The fourth-order valence-electron chi connectivity index (χ4n) is 2.21. The largest absolute Gasteiger partial charge is 0.346 e. The van der Waals surface area contributed by atoms with E-state index in [-0.39, 0.29) is 0 Å². The monoisotopic (exact) mass is 242 g/mol. The van der Waals surface area contributed by atoms with Crippen molar-refractivity contribution in [1.29, 1.82) is 0 Å². The SMILES string of the molecule is CCCNC(C)c1cccn1Cc1ccccc1. The molecule has 1 N–H and O–H groups in total. The van der Waals surface area contributed by atoms with Gasteiger partial charge < -0.3 is 9.88 Å². The molecule has 1 aromatic carbocycles. The summed E-state index contributed by atoms with van der Waals surface area (Å²) in [4.78, 5) is 0. The van der Waals surface area contributed by atoms with Gasteiger partial charge in [-0.1, -0.05) is 37.3 Å². The summed E-state index contributed by atoms with van der Waals surface area (Å²) in [5.74, 6) is 0. The van der Waals surface area contributed by atoms with Crippen molar-refractivity contribution in [3.05, 3.63) is 59.9 Å². The van der Waals surface area contributed by atoms with Gasteiger partial charge in [0, 0.05) is 24.5 Å². The Morgan fingerprint density at radius 2 is 1.89 bits per heavy atom. The van der Waals surface area contributed by atoms with E-state index in [9.17, 15) is 0 Å². The van der Waals surface area contributed by atoms with Gasteiger partial charge in [0.1, 0.15) is 0 Å². The van der Waals surface area contributed by atoms with E-state index in [0.717, 1.165) is 13.1 Å². The second-order valence-corrected chi connectivity index (χ2v) is 4.72. The van der Waals surface area contributed by atoms with Crippen LogP contribution in [0.2, 0.25) is 0 Å². The molecule has 18 heavy (non-hydrogen) atoms. The van der Waals surface area contributed by atoms with Gasteiger partial charge in [-0.3, -0.25) is 0 Å². The van der Waals surface area contributed by atoms with Crippen molar-refractivity contribution in [1.82, 2.24) is 9.88 Å². The second-order valence-electron chi connectivity index (χ2n) is 4.72. The van der Waals surface area contributed by atoms with Crippen LogP contribution in [0.15, 0.2) is 48.7 Å². The van der Waals surface area contributed by atoms with Crippen LogP contribution in [-0.4, -0.2) is 11.1 Å². The first-order chi connectivity index (χ1) is 8.81. The number of hydrogen-bond acceptors (Lipinski definition) is 1. The molecule has 2 rings (SSSR count). The lowest BCUT2D eigenvalue weighted by Gasteiger charge is -2.17. The molecule has 0 aliphatic heterocycles. The Bertz CT molecular complexity index is 459. The Morgan fingerprint density at radius 3 is 2.61 bits per heavy atom. The van der Waals surface area contributed by atoms with Crippen molar-refractivity contribution in [3.8, 4) is 0 Å². The number of nitrogens with one attached hydrogen (secondary N) is 1. The van der Waals surface area contributed by atoms with Gasteiger partial charge in [0.15, 0.2) is 0 Å². The number of rotatable bonds is 6. The highest BCUT2D eigenvalue weighted by Crippen LogP contribution is 2.15. The van der Waals surface area contributed by atoms with E-state index >= 15 is 0 Å². The molecule has 2 heteroatoms. The van der Waals surface area contributed by atoms with E-state index in [1.54, 1.807) is 0 Å². The Morgan fingerprint density at radius 1 is 1.11 bits per heavy atom. The summed E-state index contributed by atoms with van der Waals surface area (Å²) in [6.45, 7) is 6.44. The number of nitrogens with zero attached hydrogens (tertiary/aromatic N) is 1. The smallest absolute Gasteiger partial charge is 0.0473 e. The highest BCUT2D eigenvalue weighted by atomic mass is 15.0. The molecule has 0 bridgehead atoms.